The number of rotatable bonds is 14. The van der Waals surface area contributed by atoms with E-state index in [1.165, 1.54) is 18.2 Å². The van der Waals surface area contributed by atoms with Gasteiger partial charge in [0.2, 0.25) is 0 Å². The van der Waals surface area contributed by atoms with E-state index < -0.39 is 11.8 Å². The van der Waals surface area contributed by atoms with E-state index in [-0.39, 0.29) is 12.4 Å². The largest absolute Gasteiger partial charge is 0.505 e. The SMILES string of the molecule is CCCCOc1cc(/C=C/C(=O)OCCOCC)ccc1OCCc1ccc(O)c(F)c1. The first kappa shape index (κ1) is 25.2. The van der Waals surface area contributed by atoms with Gasteiger partial charge in [-0.25, -0.2) is 9.18 Å². The first-order chi connectivity index (χ1) is 15.5. The fraction of sp³-hybridized carbons (Fsp3) is 0.400. The molecule has 2 aromatic carbocycles. The zero-order valence-electron chi connectivity index (χ0n) is 18.6. The number of unbranched alkanes of at least 4 members (excludes halogenated alkanes) is 1. The third-order valence-corrected chi connectivity index (χ3v) is 4.47. The molecule has 0 fully saturated rings. The molecule has 0 aromatic heterocycles. The van der Waals surface area contributed by atoms with Crippen molar-refractivity contribution in [2.75, 3.05) is 33.0 Å². The highest BCUT2D eigenvalue weighted by Gasteiger charge is 2.08. The van der Waals surface area contributed by atoms with E-state index in [1.807, 2.05) is 13.0 Å². The molecule has 0 radical (unpaired) electrons. The molecule has 6 nitrogen and oxygen atoms in total. The summed E-state index contributed by atoms with van der Waals surface area (Å²) in [6.45, 7) is 5.97. The lowest BCUT2D eigenvalue weighted by atomic mass is 10.1. The second kappa shape index (κ2) is 14.1. The highest BCUT2D eigenvalue weighted by atomic mass is 19.1. The number of hydrogen-bond donors (Lipinski definition) is 1. The summed E-state index contributed by atoms with van der Waals surface area (Å²) in [5.74, 6) is -0.333. The molecule has 0 saturated carbocycles. The molecule has 2 aromatic rings. The lowest BCUT2D eigenvalue weighted by Crippen LogP contribution is -2.08. The predicted molar refractivity (Wildman–Crippen MR) is 121 cm³/mol. The van der Waals surface area contributed by atoms with Crippen molar-refractivity contribution in [3.05, 3.63) is 59.4 Å². The summed E-state index contributed by atoms with van der Waals surface area (Å²) in [6.07, 6.45) is 5.38. The molecule has 0 aliphatic carbocycles. The fourth-order valence-corrected chi connectivity index (χ4v) is 2.73. The number of ether oxygens (including phenoxy) is 4. The van der Waals surface area contributed by atoms with E-state index in [9.17, 15) is 14.3 Å². The molecule has 1 N–H and O–H groups in total. The predicted octanol–water partition coefficient (Wildman–Crippen LogP) is 4.92. The molecule has 0 amide bonds. The van der Waals surface area contributed by atoms with Gasteiger partial charge in [0.15, 0.2) is 23.1 Å². The highest BCUT2D eigenvalue weighted by molar-refractivity contribution is 5.87. The van der Waals surface area contributed by atoms with E-state index in [0.29, 0.717) is 44.3 Å². The first-order valence-electron chi connectivity index (χ1n) is 10.8. The van der Waals surface area contributed by atoms with E-state index >= 15 is 0 Å². The molecule has 0 saturated heterocycles. The average Bonchev–Trinajstić information content (AvgIpc) is 2.79. The molecular formula is C25H31FO6. The van der Waals surface area contributed by atoms with Gasteiger partial charge in [-0.3, -0.25) is 0 Å². The van der Waals surface area contributed by atoms with Crippen LogP contribution in [0.4, 0.5) is 4.39 Å². The zero-order valence-corrected chi connectivity index (χ0v) is 18.6. The molecule has 0 bridgehead atoms. The van der Waals surface area contributed by atoms with Gasteiger partial charge in [-0.15, -0.1) is 0 Å². The van der Waals surface area contributed by atoms with Crippen molar-refractivity contribution >= 4 is 12.0 Å². The van der Waals surface area contributed by atoms with Crippen molar-refractivity contribution in [2.24, 2.45) is 0 Å². The molecule has 0 atom stereocenters. The molecule has 0 spiro atoms. The van der Waals surface area contributed by atoms with Crippen molar-refractivity contribution in [3.8, 4) is 17.2 Å². The van der Waals surface area contributed by atoms with Crippen LogP contribution in [-0.4, -0.2) is 44.1 Å². The van der Waals surface area contributed by atoms with Crippen molar-refractivity contribution in [1.29, 1.82) is 0 Å². The number of phenolic OH excluding ortho intramolecular Hbond substituents is 1. The molecule has 2 rings (SSSR count). The Bertz CT molecular complexity index is 881. The first-order valence-corrected chi connectivity index (χ1v) is 10.8. The molecule has 7 heteroatoms. The Balaban J connectivity index is 1.98. The van der Waals surface area contributed by atoms with Gasteiger partial charge in [0.1, 0.15) is 6.61 Å². The van der Waals surface area contributed by atoms with Crippen LogP contribution in [0.5, 0.6) is 17.2 Å². The van der Waals surface area contributed by atoms with Gasteiger partial charge in [0.25, 0.3) is 0 Å². The van der Waals surface area contributed by atoms with Gasteiger partial charge in [0, 0.05) is 19.1 Å². The maximum absolute atomic E-state index is 13.5. The smallest absolute Gasteiger partial charge is 0.330 e. The number of carbonyl (C=O) groups is 1. The minimum Gasteiger partial charge on any atom is -0.505 e. The van der Waals surface area contributed by atoms with Crippen LogP contribution < -0.4 is 9.47 Å². The summed E-state index contributed by atoms with van der Waals surface area (Å²) >= 11 is 0. The van der Waals surface area contributed by atoms with Crippen LogP contribution in [0.1, 0.15) is 37.8 Å². The average molecular weight is 447 g/mol. The zero-order chi connectivity index (χ0) is 23.2. The van der Waals surface area contributed by atoms with Gasteiger partial charge in [0.05, 0.1) is 19.8 Å². The summed E-state index contributed by atoms with van der Waals surface area (Å²) < 4.78 is 35.4. The third-order valence-electron chi connectivity index (χ3n) is 4.47. The molecule has 32 heavy (non-hydrogen) atoms. The van der Waals surface area contributed by atoms with E-state index in [4.69, 9.17) is 18.9 Å². The Kier molecular flexibility index (Phi) is 11.1. The Morgan fingerprint density at radius 2 is 1.81 bits per heavy atom. The molecule has 0 aliphatic heterocycles. The summed E-state index contributed by atoms with van der Waals surface area (Å²) in [7, 11) is 0. The van der Waals surface area contributed by atoms with Crippen molar-refractivity contribution in [1.82, 2.24) is 0 Å². The van der Waals surface area contributed by atoms with Gasteiger partial charge in [-0.1, -0.05) is 25.5 Å². The normalized spacial score (nSPS) is 11.0. The van der Waals surface area contributed by atoms with Gasteiger partial charge in [-0.2, -0.15) is 0 Å². The minimum atomic E-state index is -0.654. The highest BCUT2D eigenvalue weighted by Crippen LogP contribution is 2.29. The summed E-state index contributed by atoms with van der Waals surface area (Å²) in [5.41, 5.74) is 1.49. The van der Waals surface area contributed by atoms with Crippen LogP contribution in [-0.2, 0) is 20.7 Å². The van der Waals surface area contributed by atoms with Crippen molar-refractivity contribution < 1.29 is 33.2 Å². The summed E-state index contributed by atoms with van der Waals surface area (Å²) in [6, 6.07) is 9.66. The Morgan fingerprint density at radius 3 is 2.56 bits per heavy atom. The van der Waals surface area contributed by atoms with Crippen LogP contribution in [0.2, 0.25) is 0 Å². The van der Waals surface area contributed by atoms with Crippen molar-refractivity contribution in [2.45, 2.75) is 33.1 Å². The van der Waals surface area contributed by atoms with Crippen LogP contribution in [0, 0.1) is 5.82 Å². The van der Waals surface area contributed by atoms with Gasteiger partial charge in [-0.05, 0) is 54.8 Å². The van der Waals surface area contributed by atoms with Gasteiger partial charge < -0.3 is 24.1 Å². The van der Waals surface area contributed by atoms with Gasteiger partial charge >= 0.3 is 5.97 Å². The third kappa shape index (κ3) is 8.98. The quantitative estimate of drug-likeness (QED) is 0.252. The number of halogens is 1. The standard InChI is InChI=1S/C25H31FO6/c1-3-5-13-30-24-18-19(8-11-25(28)32-16-15-29-4-2)7-10-23(24)31-14-12-20-6-9-22(27)21(26)17-20/h6-11,17-18,27H,3-5,12-16H2,1-2H3/b11-8+. The lowest BCUT2D eigenvalue weighted by Gasteiger charge is -2.14. The molecular weight excluding hydrogens is 415 g/mol. The fourth-order valence-electron chi connectivity index (χ4n) is 2.73. The van der Waals surface area contributed by atoms with E-state index in [2.05, 4.69) is 6.92 Å². The second-order valence-corrected chi connectivity index (χ2v) is 6.99. The Hall–Kier alpha value is -3.06. The van der Waals surface area contributed by atoms with Crippen LogP contribution in [0.25, 0.3) is 6.08 Å². The number of esters is 1. The van der Waals surface area contributed by atoms with Crippen LogP contribution in [0.15, 0.2) is 42.5 Å². The number of benzene rings is 2. The minimum absolute atomic E-state index is 0.208. The van der Waals surface area contributed by atoms with E-state index in [1.54, 1.807) is 24.3 Å². The number of hydrogen-bond acceptors (Lipinski definition) is 6. The maximum Gasteiger partial charge on any atom is 0.330 e. The van der Waals surface area contributed by atoms with Crippen LogP contribution >= 0.6 is 0 Å². The Morgan fingerprint density at radius 1 is 1.00 bits per heavy atom. The molecule has 174 valence electrons. The monoisotopic (exact) mass is 446 g/mol. The maximum atomic E-state index is 13.5. The Labute approximate surface area is 188 Å². The molecule has 0 aliphatic rings. The van der Waals surface area contributed by atoms with Crippen LogP contribution in [0.3, 0.4) is 0 Å². The number of phenols is 1. The molecule has 0 unspecified atom stereocenters. The summed E-state index contributed by atoms with van der Waals surface area (Å²) in [5, 5.41) is 9.29. The summed E-state index contributed by atoms with van der Waals surface area (Å²) in [4.78, 5) is 11.8. The topological polar surface area (TPSA) is 74.2 Å². The number of aromatic hydroxyl groups is 1. The lowest BCUT2D eigenvalue weighted by molar-refractivity contribution is -0.139. The second-order valence-electron chi connectivity index (χ2n) is 6.99. The number of carbonyl (C=O) groups excluding carboxylic acids is 1. The van der Waals surface area contributed by atoms with E-state index in [0.717, 1.165) is 24.0 Å². The van der Waals surface area contributed by atoms with Crippen molar-refractivity contribution in [3.63, 3.8) is 0 Å². The molecule has 0 heterocycles.